The molecule has 19 heavy (non-hydrogen) atoms. The molecule has 1 heteroatoms. The number of para-hydroxylation sites is 1. The molecule has 0 aromatic heterocycles. The topological polar surface area (TPSA) is 9.23 Å². The van der Waals surface area contributed by atoms with Gasteiger partial charge in [0.2, 0.25) is 0 Å². The Morgan fingerprint density at radius 3 is 1.89 bits per heavy atom. The van der Waals surface area contributed by atoms with E-state index in [-0.39, 0.29) is 0 Å². The second-order valence-electron chi connectivity index (χ2n) is 5.32. The van der Waals surface area contributed by atoms with E-state index < -0.39 is 0 Å². The lowest BCUT2D eigenvalue weighted by molar-refractivity contribution is 0.146. The highest BCUT2D eigenvalue weighted by atomic mass is 16.5. The van der Waals surface area contributed by atoms with Gasteiger partial charge in [-0.15, -0.1) is 0 Å². The van der Waals surface area contributed by atoms with E-state index >= 15 is 0 Å². The number of hydrogen-bond acceptors (Lipinski definition) is 1. The summed E-state index contributed by atoms with van der Waals surface area (Å²) in [5.41, 5.74) is 1.49. The van der Waals surface area contributed by atoms with Crippen LogP contribution in [0.5, 0.6) is 5.75 Å². The van der Waals surface area contributed by atoms with Crippen LogP contribution in [0.2, 0.25) is 0 Å². The van der Waals surface area contributed by atoms with E-state index in [1.165, 1.54) is 18.4 Å². The second kappa shape index (κ2) is 5.92. The van der Waals surface area contributed by atoms with Gasteiger partial charge in [0.25, 0.3) is 0 Å². The standard InChI is InChI=1S/C18H20O/c1-3-7-15(8-4-1)16-11-13-18(14-12-16)19-17-9-5-2-6-10-17/h1-10,16,18H,11-14H2. The molecule has 2 aromatic rings. The van der Waals surface area contributed by atoms with E-state index in [0.29, 0.717) is 6.10 Å². The first kappa shape index (κ1) is 12.3. The number of benzene rings is 2. The van der Waals surface area contributed by atoms with Crippen LogP contribution in [-0.2, 0) is 0 Å². The number of ether oxygens (including phenoxy) is 1. The smallest absolute Gasteiger partial charge is 0.119 e. The summed E-state index contributed by atoms with van der Waals surface area (Å²) >= 11 is 0. The molecule has 1 fully saturated rings. The fraction of sp³-hybridized carbons (Fsp3) is 0.333. The summed E-state index contributed by atoms with van der Waals surface area (Å²) in [7, 11) is 0. The zero-order valence-electron chi connectivity index (χ0n) is 11.2. The van der Waals surface area contributed by atoms with E-state index in [9.17, 15) is 0 Å². The van der Waals surface area contributed by atoms with Crippen molar-refractivity contribution >= 4 is 0 Å². The van der Waals surface area contributed by atoms with E-state index in [4.69, 9.17) is 4.74 Å². The molecule has 0 bridgehead atoms. The van der Waals surface area contributed by atoms with Crippen molar-refractivity contribution in [2.24, 2.45) is 0 Å². The predicted octanol–water partition coefficient (Wildman–Crippen LogP) is 4.79. The summed E-state index contributed by atoms with van der Waals surface area (Å²) in [5.74, 6) is 1.72. The van der Waals surface area contributed by atoms with Crippen LogP contribution in [0.15, 0.2) is 60.7 Å². The van der Waals surface area contributed by atoms with Crippen molar-refractivity contribution < 1.29 is 4.74 Å². The van der Waals surface area contributed by atoms with Gasteiger partial charge in [-0.05, 0) is 49.3 Å². The molecule has 1 aliphatic rings. The van der Waals surface area contributed by atoms with Crippen molar-refractivity contribution in [2.45, 2.75) is 37.7 Å². The molecule has 0 amide bonds. The molecular weight excluding hydrogens is 232 g/mol. The van der Waals surface area contributed by atoms with Crippen molar-refractivity contribution in [1.82, 2.24) is 0 Å². The minimum Gasteiger partial charge on any atom is -0.490 e. The van der Waals surface area contributed by atoms with Gasteiger partial charge >= 0.3 is 0 Å². The van der Waals surface area contributed by atoms with Crippen LogP contribution in [0.25, 0.3) is 0 Å². The monoisotopic (exact) mass is 252 g/mol. The van der Waals surface area contributed by atoms with Crippen LogP contribution in [0, 0.1) is 0 Å². The normalized spacial score (nSPS) is 22.9. The first-order valence-electron chi connectivity index (χ1n) is 7.18. The first-order valence-corrected chi connectivity index (χ1v) is 7.18. The highest BCUT2D eigenvalue weighted by Gasteiger charge is 2.23. The molecule has 2 aromatic carbocycles. The maximum absolute atomic E-state index is 6.04. The van der Waals surface area contributed by atoms with E-state index in [2.05, 4.69) is 30.3 Å². The van der Waals surface area contributed by atoms with Crippen LogP contribution >= 0.6 is 0 Å². The summed E-state index contributed by atoms with van der Waals surface area (Å²) < 4.78 is 6.04. The average Bonchev–Trinajstić information content (AvgIpc) is 2.50. The molecule has 1 nitrogen and oxygen atoms in total. The highest BCUT2D eigenvalue weighted by molar-refractivity contribution is 5.22. The lowest BCUT2D eigenvalue weighted by Crippen LogP contribution is -2.23. The first-order chi connectivity index (χ1) is 9.42. The minimum atomic E-state index is 0.391. The molecule has 0 spiro atoms. The quantitative estimate of drug-likeness (QED) is 0.763. The zero-order chi connectivity index (χ0) is 12.9. The Bertz CT molecular complexity index is 484. The third-order valence-corrected chi connectivity index (χ3v) is 3.99. The summed E-state index contributed by atoms with van der Waals surface area (Å²) in [4.78, 5) is 0. The molecule has 0 unspecified atom stereocenters. The average molecular weight is 252 g/mol. The Balaban J connectivity index is 1.55. The molecular formula is C18H20O. The van der Waals surface area contributed by atoms with Crippen molar-refractivity contribution in [3.8, 4) is 5.75 Å². The van der Waals surface area contributed by atoms with Gasteiger partial charge in [-0.25, -0.2) is 0 Å². The molecule has 1 aliphatic carbocycles. The van der Waals surface area contributed by atoms with Gasteiger partial charge in [0.05, 0.1) is 6.10 Å². The third kappa shape index (κ3) is 3.17. The van der Waals surface area contributed by atoms with Gasteiger partial charge in [-0.1, -0.05) is 48.5 Å². The van der Waals surface area contributed by atoms with E-state index in [1.54, 1.807) is 0 Å². The van der Waals surface area contributed by atoms with Gasteiger partial charge in [-0.2, -0.15) is 0 Å². The van der Waals surface area contributed by atoms with Crippen LogP contribution in [0.4, 0.5) is 0 Å². The summed E-state index contributed by atoms with van der Waals surface area (Å²) in [6.07, 6.45) is 5.19. The van der Waals surface area contributed by atoms with Crippen LogP contribution in [0.1, 0.15) is 37.2 Å². The third-order valence-electron chi connectivity index (χ3n) is 3.99. The van der Waals surface area contributed by atoms with Crippen LogP contribution in [-0.4, -0.2) is 6.10 Å². The molecule has 0 saturated heterocycles. The van der Waals surface area contributed by atoms with Gasteiger partial charge in [0.1, 0.15) is 5.75 Å². The van der Waals surface area contributed by atoms with Gasteiger partial charge in [-0.3, -0.25) is 0 Å². The molecule has 0 radical (unpaired) electrons. The lowest BCUT2D eigenvalue weighted by atomic mass is 9.83. The van der Waals surface area contributed by atoms with Gasteiger partial charge in [0.15, 0.2) is 0 Å². The van der Waals surface area contributed by atoms with Crippen molar-refractivity contribution in [2.75, 3.05) is 0 Å². The fourth-order valence-corrected chi connectivity index (χ4v) is 2.93. The molecule has 3 rings (SSSR count). The Labute approximate surface area is 115 Å². The number of hydrogen-bond donors (Lipinski definition) is 0. The largest absolute Gasteiger partial charge is 0.490 e. The summed E-state index contributed by atoms with van der Waals surface area (Å²) in [6, 6.07) is 21.1. The number of rotatable bonds is 3. The molecule has 0 N–H and O–H groups in total. The molecule has 1 saturated carbocycles. The van der Waals surface area contributed by atoms with Crippen molar-refractivity contribution in [3.05, 3.63) is 66.2 Å². The molecule has 0 heterocycles. The Kier molecular flexibility index (Phi) is 3.83. The maximum atomic E-state index is 6.04. The maximum Gasteiger partial charge on any atom is 0.119 e. The Hall–Kier alpha value is -1.76. The minimum absolute atomic E-state index is 0.391. The predicted molar refractivity (Wildman–Crippen MR) is 78.5 cm³/mol. The Morgan fingerprint density at radius 1 is 0.684 bits per heavy atom. The van der Waals surface area contributed by atoms with Gasteiger partial charge in [0, 0.05) is 0 Å². The van der Waals surface area contributed by atoms with Crippen molar-refractivity contribution in [3.63, 3.8) is 0 Å². The van der Waals surface area contributed by atoms with Crippen molar-refractivity contribution in [1.29, 1.82) is 0 Å². The SMILES string of the molecule is c1ccc(OC2CCC(c3ccccc3)CC2)cc1. The van der Waals surface area contributed by atoms with Crippen LogP contribution in [0.3, 0.4) is 0 Å². The van der Waals surface area contributed by atoms with E-state index in [0.717, 1.165) is 24.5 Å². The fourth-order valence-electron chi connectivity index (χ4n) is 2.93. The van der Waals surface area contributed by atoms with E-state index in [1.807, 2.05) is 30.3 Å². The highest BCUT2D eigenvalue weighted by Crippen LogP contribution is 2.34. The summed E-state index contributed by atoms with van der Waals surface area (Å²) in [5, 5.41) is 0. The molecule has 0 atom stereocenters. The van der Waals surface area contributed by atoms with Crippen LogP contribution < -0.4 is 4.74 Å². The molecule has 98 valence electrons. The lowest BCUT2D eigenvalue weighted by Gasteiger charge is -2.29. The Morgan fingerprint density at radius 2 is 1.26 bits per heavy atom. The van der Waals surface area contributed by atoms with Gasteiger partial charge < -0.3 is 4.74 Å². The molecule has 0 aliphatic heterocycles. The summed E-state index contributed by atoms with van der Waals surface area (Å²) in [6.45, 7) is 0. The zero-order valence-corrected chi connectivity index (χ0v) is 11.2. The second-order valence-corrected chi connectivity index (χ2v) is 5.32.